The number of esters is 1. The first-order valence-corrected chi connectivity index (χ1v) is 9.27. The van der Waals surface area contributed by atoms with Gasteiger partial charge in [0, 0.05) is 12.5 Å². The van der Waals surface area contributed by atoms with Crippen LogP contribution in [-0.4, -0.2) is 42.2 Å². The second-order valence-electron chi connectivity index (χ2n) is 6.37. The van der Waals surface area contributed by atoms with Crippen molar-refractivity contribution in [1.29, 1.82) is 0 Å². The molecule has 0 unspecified atom stereocenters. The third-order valence-corrected chi connectivity index (χ3v) is 4.80. The van der Waals surface area contributed by atoms with E-state index in [1.165, 1.54) is 0 Å². The third kappa shape index (κ3) is 6.07. The molecule has 1 aromatic carbocycles. The Balaban J connectivity index is 1.90. The van der Waals surface area contributed by atoms with Crippen LogP contribution in [0.15, 0.2) is 30.3 Å². The molecule has 0 bridgehead atoms. The monoisotopic (exact) mass is 378 g/mol. The van der Waals surface area contributed by atoms with Gasteiger partial charge in [-0.05, 0) is 24.2 Å². The van der Waals surface area contributed by atoms with Gasteiger partial charge in [-0.1, -0.05) is 43.7 Å². The summed E-state index contributed by atoms with van der Waals surface area (Å²) < 4.78 is 10.5. The summed E-state index contributed by atoms with van der Waals surface area (Å²) >= 11 is 5.25. The van der Waals surface area contributed by atoms with Gasteiger partial charge in [-0.2, -0.15) is 0 Å². The molecule has 0 radical (unpaired) electrons. The van der Waals surface area contributed by atoms with Gasteiger partial charge in [0.1, 0.15) is 6.61 Å². The topological polar surface area (TPSA) is 76.7 Å². The van der Waals surface area contributed by atoms with Crippen molar-refractivity contribution >= 4 is 29.1 Å². The molecule has 26 heavy (non-hydrogen) atoms. The van der Waals surface area contributed by atoms with Crippen molar-refractivity contribution in [3.63, 3.8) is 0 Å². The van der Waals surface area contributed by atoms with Crippen molar-refractivity contribution in [2.45, 2.75) is 57.3 Å². The number of nitrogens with one attached hydrogen (secondary N) is 2. The van der Waals surface area contributed by atoms with Gasteiger partial charge in [0.05, 0.1) is 25.6 Å². The smallest absolute Gasteiger partial charge is 0.308 e. The lowest BCUT2D eigenvalue weighted by Crippen LogP contribution is -2.49. The maximum Gasteiger partial charge on any atom is 0.308 e. The molecule has 142 valence electrons. The van der Waals surface area contributed by atoms with E-state index in [0.29, 0.717) is 11.5 Å². The summed E-state index contributed by atoms with van der Waals surface area (Å²) in [6.07, 6.45) is 2.17. The predicted molar refractivity (Wildman–Crippen MR) is 103 cm³/mol. The van der Waals surface area contributed by atoms with Crippen molar-refractivity contribution in [2.75, 3.05) is 7.11 Å². The SMILES string of the molecule is CCC[C@H](N[C@H]1CC(=O)N[C@H]1CC(=O)OCc1ccccc1)C(=S)OC. The highest BCUT2D eigenvalue weighted by molar-refractivity contribution is 7.80. The van der Waals surface area contributed by atoms with Gasteiger partial charge in [-0.15, -0.1) is 0 Å². The molecule has 0 aliphatic carbocycles. The summed E-state index contributed by atoms with van der Waals surface area (Å²) in [7, 11) is 1.54. The van der Waals surface area contributed by atoms with Crippen molar-refractivity contribution in [3.8, 4) is 0 Å². The molecule has 1 aliphatic heterocycles. The maximum absolute atomic E-state index is 12.2. The molecule has 3 atom stereocenters. The zero-order valence-electron chi connectivity index (χ0n) is 15.2. The molecule has 2 rings (SSSR count). The predicted octanol–water partition coefficient (Wildman–Crippen LogP) is 2.11. The number of hydrogen-bond donors (Lipinski definition) is 2. The molecule has 0 aromatic heterocycles. The molecule has 1 heterocycles. The van der Waals surface area contributed by atoms with Gasteiger partial charge in [0.2, 0.25) is 5.91 Å². The number of methoxy groups -OCH3 is 1. The molecule has 0 saturated carbocycles. The lowest BCUT2D eigenvalue weighted by molar-refractivity contribution is -0.145. The summed E-state index contributed by atoms with van der Waals surface area (Å²) in [5.74, 6) is -0.420. The van der Waals surface area contributed by atoms with E-state index in [2.05, 4.69) is 17.6 Å². The van der Waals surface area contributed by atoms with Gasteiger partial charge >= 0.3 is 5.97 Å². The minimum Gasteiger partial charge on any atom is -0.489 e. The third-order valence-electron chi connectivity index (χ3n) is 4.34. The van der Waals surface area contributed by atoms with Crippen LogP contribution in [0.2, 0.25) is 0 Å². The van der Waals surface area contributed by atoms with Crippen LogP contribution in [0.3, 0.4) is 0 Å². The molecule has 2 N–H and O–H groups in total. The second-order valence-corrected chi connectivity index (χ2v) is 6.77. The second kappa shape index (κ2) is 10.2. The van der Waals surface area contributed by atoms with E-state index >= 15 is 0 Å². The van der Waals surface area contributed by atoms with Crippen LogP contribution >= 0.6 is 12.2 Å². The lowest BCUT2D eigenvalue weighted by atomic mass is 10.0. The first kappa shape index (κ1) is 20.3. The fraction of sp³-hybridized carbons (Fsp3) is 0.526. The molecule has 1 aliphatic rings. The lowest BCUT2D eigenvalue weighted by Gasteiger charge is -2.25. The Morgan fingerprint density at radius 1 is 1.38 bits per heavy atom. The summed E-state index contributed by atoms with van der Waals surface area (Å²) in [5, 5.41) is 6.69. The largest absolute Gasteiger partial charge is 0.489 e. The number of carbonyl (C=O) groups excluding carboxylic acids is 2. The number of hydrogen-bond acceptors (Lipinski definition) is 6. The van der Waals surface area contributed by atoms with Crippen molar-refractivity contribution in [2.24, 2.45) is 0 Å². The maximum atomic E-state index is 12.2. The average Bonchev–Trinajstić information content (AvgIpc) is 2.98. The number of rotatable bonds is 9. The molecule has 0 spiro atoms. The number of ether oxygens (including phenoxy) is 2. The van der Waals surface area contributed by atoms with E-state index in [4.69, 9.17) is 21.7 Å². The van der Waals surface area contributed by atoms with Gasteiger partial charge in [-0.25, -0.2) is 0 Å². The highest BCUT2D eigenvalue weighted by Gasteiger charge is 2.36. The standard InChI is InChI=1S/C19H26N2O4S/c1-3-7-14(19(26)24-2)20-15-10-17(22)21-16(15)11-18(23)25-12-13-8-5-4-6-9-13/h4-6,8-9,14-16,20H,3,7,10-12H2,1-2H3,(H,21,22)/t14-,15-,16-/m0/s1. The van der Waals surface area contributed by atoms with Gasteiger partial charge in [0.15, 0.2) is 5.05 Å². The Labute approximate surface area is 159 Å². The Kier molecular flexibility index (Phi) is 8.00. The van der Waals surface area contributed by atoms with Crippen LogP contribution in [0.4, 0.5) is 0 Å². The van der Waals surface area contributed by atoms with Crippen LogP contribution in [-0.2, 0) is 25.7 Å². The van der Waals surface area contributed by atoms with Gasteiger partial charge in [0.25, 0.3) is 0 Å². The van der Waals surface area contributed by atoms with Crippen molar-refractivity contribution in [3.05, 3.63) is 35.9 Å². The first-order valence-electron chi connectivity index (χ1n) is 8.86. The number of amides is 1. The van der Waals surface area contributed by atoms with Crippen LogP contribution in [0.1, 0.15) is 38.2 Å². The molecule has 1 aromatic rings. The Bertz CT molecular complexity index is 623. The highest BCUT2D eigenvalue weighted by atomic mass is 32.1. The Morgan fingerprint density at radius 2 is 2.12 bits per heavy atom. The number of benzene rings is 1. The Morgan fingerprint density at radius 3 is 2.77 bits per heavy atom. The number of carbonyl (C=O) groups is 2. The van der Waals surface area contributed by atoms with Crippen molar-refractivity contribution in [1.82, 2.24) is 10.6 Å². The van der Waals surface area contributed by atoms with Crippen LogP contribution in [0, 0.1) is 0 Å². The van der Waals surface area contributed by atoms with Crippen LogP contribution in [0.5, 0.6) is 0 Å². The average molecular weight is 378 g/mol. The summed E-state index contributed by atoms with van der Waals surface area (Å²) in [5.41, 5.74) is 0.930. The summed E-state index contributed by atoms with van der Waals surface area (Å²) in [6.45, 7) is 2.29. The van der Waals surface area contributed by atoms with E-state index in [0.717, 1.165) is 18.4 Å². The van der Waals surface area contributed by atoms with E-state index in [-0.39, 0.29) is 43.0 Å². The summed E-state index contributed by atoms with van der Waals surface area (Å²) in [4.78, 5) is 24.0. The fourth-order valence-electron chi connectivity index (χ4n) is 3.01. The van der Waals surface area contributed by atoms with E-state index in [9.17, 15) is 9.59 Å². The molecular formula is C19H26N2O4S. The number of thiocarbonyl (C=S) groups is 1. The molecule has 1 saturated heterocycles. The van der Waals surface area contributed by atoms with E-state index in [1.807, 2.05) is 30.3 Å². The molecule has 6 nitrogen and oxygen atoms in total. The van der Waals surface area contributed by atoms with E-state index in [1.54, 1.807) is 7.11 Å². The minimum atomic E-state index is -0.339. The zero-order valence-corrected chi connectivity index (χ0v) is 16.0. The van der Waals surface area contributed by atoms with Crippen LogP contribution in [0.25, 0.3) is 0 Å². The first-order chi connectivity index (χ1) is 12.5. The van der Waals surface area contributed by atoms with Gasteiger partial charge < -0.3 is 20.1 Å². The molecule has 1 fully saturated rings. The van der Waals surface area contributed by atoms with Gasteiger partial charge in [-0.3, -0.25) is 9.59 Å². The molecule has 7 heteroatoms. The van der Waals surface area contributed by atoms with Crippen molar-refractivity contribution < 1.29 is 19.1 Å². The highest BCUT2D eigenvalue weighted by Crippen LogP contribution is 2.16. The normalized spacial score (nSPS) is 20.3. The fourth-order valence-corrected chi connectivity index (χ4v) is 3.20. The molecular weight excluding hydrogens is 352 g/mol. The van der Waals surface area contributed by atoms with E-state index < -0.39 is 0 Å². The quantitative estimate of drug-likeness (QED) is 0.506. The minimum absolute atomic E-state index is 0.0815. The van der Waals surface area contributed by atoms with Crippen LogP contribution < -0.4 is 10.6 Å². The zero-order chi connectivity index (χ0) is 18.9. The Hall–Kier alpha value is -1.99. The molecule has 1 amide bonds. The summed E-state index contributed by atoms with van der Waals surface area (Å²) in [6, 6.07) is 8.88.